The van der Waals surface area contributed by atoms with Crippen LogP contribution >= 0.6 is 23.2 Å². The van der Waals surface area contributed by atoms with Gasteiger partial charge < -0.3 is 4.98 Å². The molecule has 4 nitrogen and oxygen atoms in total. The third-order valence-corrected chi connectivity index (χ3v) is 5.25. The number of aryl methyl sites for hydroxylation is 2. The van der Waals surface area contributed by atoms with Crippen LogP contribution in [0, 0.1) is 0 Å². The maximum Gasteiger partial charge on any atom is 0.271 e. The van der Waals surface area contributed by atoms with Gasteiger partial charge in [-0.15, -0.1) is 0 Å². The number of nitrogens with zero attached hydrogens (tertiary/aromatic N) is 1. The van der Waals surface area contributed by atoms with Crippen molar-refractivity contribution in [2.24, 2.45) is 5.10 Å². The van der Waals surface area contributed by atoms with Crippen LogP contribution in [0.15, 0.2) is 41.5 Å². The van der Waals surface area contributed by atoms with Crippen LogP contribution in [0.25, 0.3) is 10.9 Å². The smallest absolute Gasteiger partial charge is 0.271 e. The maximum atomic E-state index is 12.4. The van der Waals surface area contributed by atoms with Gasteiger partial charge in [0.1, 0.15) is 0 Å². The first kappa shape index (κ1) is 17.1. The molecule has 2 N–H and O–H groups in total. The average molecular weight is 386 g/mol. The fourth-order valence-electron chi connectivity index (χ4n) is 3.38. The number of H-pyrrole nitrogens is 1. The van der Waals surface area contributed by atoms with Gasteiger partial charge in [-0.05, 0) is 61.6 Å². The van der Waals surface area contributed by atoms with Crippen molar-refractivity contribution in [2.75, 3.05) is 0 Å². The van der Waals surface area contributed by atoms with E-state index in [0.717, 1.165) is 23.7 Å². The molecule has 0 spiro atoms. The average Bonchev–Trinajstić information content (AvgIpc) is 3.01. The number of aromatic amines is 1. The van der Waals surface area contributed by atoms with E-state index in [1.54, 1.807) is 18.2 Å². The van der Waals surface area contributed by atoms with Crippen LogP contribution < -0.4 is 5.43 Å². The van der Waals surface area contributed by atoms with E-state index in [-0.39, 0.29) is 5.91 Å². The summed E-state index contributed by atoms with van der Waals surface area (Å²) in [7, 11) is 0. The predicted molar refractivity (Wildman–Crippen MR) is 106 cm³/mol. The number of hydrazone groups is 1. The van der Waals surface area contributed by atoms with Crippen molar-refractivity contribution in [3.63, 3.8) is 0 Å². The lowest BCUT2D eigenvalue weighted by atomic mass is 9.95. The minimum Gasteiger partial charge on any atom is -0.358 e. The second-order valence-electron chi connectivity index (χ2n) is 6.41. The van der Waals surface area contributed by atoms with Gasteiger partial charge in [-0.1, -0.05) is 29.3 Å². The quantitative estimate of drug-likeness (QED) is 0.477. The molecule has 1 aromatic heterocycles. The van der Waals surface area contributed by atoms with Crippen molar-refractivity contribution in [1.82, 2.24) is 10.4 Å². The summed E-state index contributed by atoms with van der Waals surface area (Å²) in [5.74, 6) is -0.251. The number of hydrogen-bond donors (Lipinski definition) is 2. The number of nitrogens with one attached hydrogen (secondary N) is 2. The summed E-state index contributed by atoms with van der Waals surface area (Å²) >= 11 is 12.0. The molecule has 0 saturated carbocycles. The molecule has 26 heavy (non-hydrogen) atoms. The molecular formula is C20H17Cl2N3O. The molecule has 0 bridgehead atoms. The Balaban J connectivity index is 1.53. The Morgan fingerprint density at radius 1 is 1.12 bits per heavy atom. The highest BCUT2D eigenvalue weighted by atomic mass is 35.5. The van der Waals surface area contributed by atoms with E-state index in [2.05, 4.69) is 15.5 Å². The van der Waals surface area contributed by atoms with Gasteiger partial charge in [-0.3, -0.25) is 4.79 Å². The van der Waals surface area contributed by atoms with Gasteiger partial charge in [0, 0.05) is 32.7 Å². The highest BCUT2D eigenvalue weighted by Gasteiger charge is 2.16. The second kappa shape index (κ2) is 7.14. The molecule has 132 valence electrons. The lowest BCUT2D eigenvalue weighted by Crippen LogP contribution is -2.17. The lowest BCUT2D eigenvalue weighted by Gasteiger charge is -2.10. The van der Waals surface area contributed by atoms with E-state index in [1.807, 2.05) is 18.2 Å². The van der Waals surface area contributed by atoms with Crippen LogP contribution in [-0.2, 0) is 12.8 Å². The molecule has 0 radical (unpaired) electrons. The molecule has 1 aliphatic carbocycles. The van der Waals surface area contributed by atoms with E-state index >= 15 is 0 Å². The van der Waals surface area contributed by atoms with Crippen molar-refractivity contribution >= 4 is 46.2 Å². The SMILES string of the molecule is O=C(N/N=C/c1ccc(Cl)cc1Cl)c1ccc2[nH]c3c(c2c1)CCCC3. The third-order valence-electron chi connectivity index (χ3n) is 4.69. The van der Waals surface area contributed by atoms with Gasteiger partial charge >= 0.3 is 0 Å². The first-order chi connectivity index (χ1) is 12.6. The molecule has 0 atom stereocenters. The van der Waals surface area contributed by atoms with Gasteiger partial charge in [0.25, 0.3) is 5.91 Å². The van der Waals surface area contributed by atoms with Gasteiger partial charge in [-0.2, -0.15) is 5.10 Å². The number of benzene rings is 2. The first-order valence-electron chi connectivity index (χ1n) is 8.54. The Morgan fingerprint density at radius 2 is 1.96 bits per heavy atom. The number of amides is 1. The van der Waals surface area contributed by atoms with Crippen LogP contribution in [0.3, 0.4) is 0 Å². The van der Waals surface area contributed by atoms with Crippen LogP contribution in [0.2, 0.25) is 10.0 Å². The Kier molecular flexibility index (Phi) is 4.70. The number of aromatic nitrogens is 1. The molecule has 3 aromatic rings. The minimum absolute atomic E-state index is 0.251. The number of carbonyl (C=O) groups excluding carboxylic acids is 1. The highest BCUT2D eigenvalue weighted by molar-refractivity contribution is 6.36. The Bertz CT molecular complexity index is 1020. The zero-order chi connectivity index (χ0) is 18.1. The van der Waals surface area contributed by atoms with E-state index in [1.165, 1.54) is 30.3 Å². The van der Waals surface area contributed by atoms with Crippen LogP contribution in [0.1, 0.15) is 40.0 Å². The van der Waals surface area contributed by atoms with Crippen molar-refractivity contribution < 1.29 is 4.79 Å². The summed E-state index contributed by atoms with van der Waals surface area (Å²) < 4.78 is 0. The Hall–Kier alpha value is -2.30. The number of rotatable bonds is 3. The fourth-order valence-corrected chi connectivity index (χ4v) is 3.84. The van der Waals surface area contributed by atoms with Crippen molar-refractivity contribution in [3.05, 3.63) is 68.8 Å². The van der Waals surface area contributed by atoms with E-state index in [4.69, 9.17) is 23.2 Å². The molecule has 1 heterocycles. The first-order valence-corrected chi connectivity index (χ1v) is 9.29. The lowest BCUT2D eigenvalue weighted by molar-refractivity contribution is 0.0955. The maximum absolute atomic E-state index is 12.4. The molecule has 2 aromatic carbocycles. The summed E-state index contributed by atoms with van der Waals surface area (Å²) in [4.78, 5) is 15.9. The monoisotopic (exact) mass is 385 g/mol. The summed E-state index contributed by atoms with van der Waals surface area (Å²) in [6.45, 7) is 0. The number of hydrogen-bond acceptors (Lipinski definition) is 2. The minimum atomic E-state index is -0.251. The Labute approximate surface area is 161 Å². The molecule has 0 aliphatic heterocycles. The summed E-state index contributed by atoms with van der Waals surface area (Å²) in [6, 6.07) is 10.8. The van der Waals surface area contributed by atoms with Gasteiger partial charge in [0.2, 0.25) is 0 Å². The van der Waals surface area contributed by atoms with E-state index in [9.17, 15) is 4.79 Å². The van der Waals surface area contributed by atoms with Gasteiger partial charge in [0.05, 0.1) is 11.2 Å². The van der Waals surface area contributed by atoms with Crippen molar-refractivity contribution in [2.45, 2.75) is 25.7 Å². The fraction of sp³-hybridized carbons (Fsp3) is 0.200. The van der Waals surface area contributed by atoms with E-state index < -0.39 is 0 Å². The normalized spacial score (nSPS) is 13.9. The zero-order valence-electron chi connectivity index (χ0n) is 14.0. The molecule has 4 rings (SSSR count). The molecule has 0 unspecified atom stereocenters. The molecule has 0 fully saturated rings. The standard InChI is InChI=1S/C20H17Cl2N3O/c21-14-7-5-13(17(22)10-14)11-23-25-20(26)12-6-8-19-16(9-12)15-3-1-2-4-18(15)24-19/h5-11,24H,1-4H2,(H,25,26)/b23-11+. The number of fused-ring (bicyclic) bond motifs is 3. The van der Waals surface area contributed by atoms with Crippen LogP contribution in [-0.4, -0.2) is 17.1 Å². The van der Waals surface area contributed by atoms with Crippen LogP contribution in [0.4, 0.5) is 0 Å². The third kappa shape index (κ3) is 3.35. The topological polar surface area (TPSA) is 57.2 Å². The second-order valence-corrected chi connectivity index (χ2v) is 7.26. The molecule has 1 amide bonds. The van der Waals surface area contributed by atoms with Gasteiger partial charge in [-0.25, -0.2) is 5.43 Å². The summed E-state index contributed by atoms with van der Waals surface area (Å²) in [5.41, 5.74) is 7.57. The molecule has 6 heteroatoms. The Morgan fingerprint density at radius 3 is 2.81 bits per heavy atom. The van der Waals surface area contributed by atoms with Crippen molar-refractivity contribution in [3.8, 4) is 0 Å². The zero-order valence-corrected chi connectivity index (χ0v) is 15.5. The largest absolute Gasteiger partial charge is 0.358 e. The summed E-state index contributed by atoms with van der Waals surface area (Å²) in [6.07, 6.45) is 6.07. The molecule has 1 aliphatic rings. The van der Waals surface area contributed by atoms with Gasteiger partial charge in [0.15, 0.2) is 0 Å². The summed E-state index contributed by atoms with van der Waals surface area (Å²) in [5, 5.41) is 6.18. The highest BCUT2D eigenvalue weighted by Crippen LogP contribution is 2.29. The van der Waals surface area contributed by atoms with Crippen LogP contribution in [0.5, 0.6) is 0 Å². The number of halogens is 2. The van der Waals surface area contributed by atoms with Crippen molar-refractivity contribution in [1.29, 1.82) is 0 Å². The van der Waals surface area contributed by atoms with E-state index in [0.29, 0.717) is 21.2 Å². The molecule has 0 saturated heterocycles. The molecular weight excluding hydrogens is 369 g/mol. The number of carbonyl (C=O) groups is 1. The predicted octanol–water partition coefficient (Wildman–Crippen LogP) is 5.12.